The van der Waals surface area contributed by atoms with Gasteiger partial charge in [0, 0.05) is 24.6 Å². The molecule has 0 aliphatic carbocycles. The number of nitrogens with one attached hydrogen (secondary N) is 1. The van der Waals surface area contributed by atoms with E-state index in [4.69, 9.17) is 15.2 Å². The summed E-state index contributed by atoms with van der Waals surface area (Å²) in [6, 6.07) is 5.57. The zero-order valence-electron chi connectivity index (χ0n) is 11.7. The maximum atomic E-state index is 11.7. The van der Waals surface area contributed by atoms with Crippen LogP contribution in [0.1, 0.15) is 18.9 Å². The number of benzene rings is 1. The highest BCUT2D eigenvalue weighted by atomic mass is 16.5. The molecule has 5 heteroatoms. The van der Waals surface area contributed by atoms with E-state index < -0.39 is 0 Å². The number of nitrogens with two attached hydrogens (primary N) is 1. The lowest BCUT2D eigenvalue weighted by molar-refractivity contribution is -0.121. The van der Waals surface area contributed by atoms with E-state index >= 15 is 0 Å². The Kier molecular flexibility index (Phi) is 6.15. The number of carbonyl (C=O) groups is 1. The van der Waals surface area contributed by atoms with E-state index in [1.165, 1.54) is 0 Å². The molecule has 0 aliphatic rings. The number of carbonyl (C=O) groups excluding carboxylic acids is 1. The molecule has 106 valence electrons. The van der Waals surface area contributed by atoms with E-state index in [0.29, 0.717) is 19.4 Å². The zero-order chi connectivity index (χ0) is 14.3. The van der Waals surface area contributed by atoms with Gasteiger partial charge in [0.15, 0.2) is 0 Å². The first-order chi connectivity index (χ1) is 9.12. The minimum absolute atomic E-state index is 0.00735. The maximum Gasteiger partial charge on any atom is 0.220 e. The molecule has 5 nitrogen and oxygen atoms in total. The van der Waals surface area contributed by atoms with Crippen molar-refractivity contribution >= 4 is 5.91 Å². The molecule has 1 aromatic carbocycles. The van der Waals surface area contributed by atoms with Gasteiger partial charge in [-0.25, -0.2) is 0 Å². The molecule has 3 N–H and O–H groups in total. The van der Waals surface area contributed by atoms with Gasteiger partial charge in [-0.3, -0.25) is 4.79 Å². The Morgan fingerprint density at radius 3 is 2.37 bits per heavy atom. The van der Waals surface area contributed by atoms with Gasteiger partial charge in [-0.15, -0.1) is 0 Å². The first-order valence-corrected chi connectivity index (χ1v) is 6.31. The highest BCUT2D eigenvalue weighted by Gasteiger charge is 2.12. The summed E-state index contributed by atoms with van der Waals surface area (Å²) in [7, 11) is 3.21. The average molecular weight is 266 g/mol. The van der Waals surface area contributed by atoms with E-state index in [2.05, 4.69) is 5.32 Å². The fraction of sp³-hybridized carbons (Fsp3) is 0.500. The summed E-state index contributed by atoms with van der Waals surface area (Å²) in [4.78, 5) is 11.7. The number of methoxy groups -OCH3 is 2. The predicted molar refractivity (Wildman–Crippen MR) is 74.5 cm³/mol. The second kappa shape index (κ2) is 7.63. The van der Waals surface area contributed by atoms with Crippen molar-refractivity contribution in [2.45, 2.75) is 25.8 Å². The van der Waals surface area contributed by atoms with Crippen molar-refractivity contribution in [2.75, 3.05) is 20.8 Å². The molecule has 0 radical (unpaired) electrons. The van der Waals surface area contributed by atoms with Crippen LogP contribution in [0.25, 0.3) is 0 Å². The molecule has 0 fully saturated rings. The molecule has 0 saturated heterocycles. The molecule has 1 atom stereocenters. The fourth-order valence-corrected chi connectivity index (χ4v) is 1.82. The van der Waals surface area contributed by atoms with Crippen molar-refractivity contribution in [3.63, 3.8) is 0 Å². The standard InChI is InChI=1S/C14H22N2O3/c1-10(9-15)16-14(17)8-7-11-12(18-2)5-4-6-13(11)19-3/h4-6,10H,7-9,15H2,1-3H3,(H,16,17). The van der Waals surface area contributed by atoms with Crippen LogP contribution in [0.3, 0.4) is 0 Å². The molecule has 1 amide bonds. The van der Waals surface area contributed by atoms with Crippen LogP contribution >= 0.6 is 0 Å². The number of hydrogen-bond acceptors (Lipinski definition) is 4. The molecule has 0 bridgehead atoms. The third-order valence-corrected chi connectivity index (χ3v) is 2.89. The normalized spacial score (nSPS) is 11.8. The van der Waals surface area contributed by atoms with Crippen LogP contribution in [0.5, 0.6) is 11.5 Å². The smallest absolute Gasteiger partial charge is 0.220 e. The first kappa shape index (κ1) is 15.3. The Morgan fingerprint density at radius 1 is 1.32 bits per heavy atom. The Hall–Kier alpha value is -1.75. The van der Waals surface area contributed by atoms with Gasteiger partial charge in [0.2, 0.25) is 5.91 Å². The molecule has 1 aromatic rings. The van der Waals surface area contributed by atoms with Crippen LogP contribution in [0.15, 0.2) is 18.2 Å². The molecular weight excluding hydrogens is 244 g/mol. The Balaban J connectivity index is 2.68. The lowest BCUT2D eigenvalue weighted by atomic mass is 10.1. The van der Waals surface area contributed by atoms with Gasteiger partial charge in [0.1, 0.15) is 11.5 Å². The topological polar surface area (TPSA) is 73.6 Å². The Morgan fingerprint density at radius 2 is 1.89 bits per heavy atom. The third-order valence-electron chi connectivity index (χ3n) is 2.89. The summed E-state index contributed by atoms with van der Waals surface area (Å²) in [6.45, 7) is 2.31. The summed E-state index contributed by atoms with van der Waals surface area (Å²) < 4.78 is 10.6. The van der Waals surface area contributed by atoms with E-state index in [9.17, 15) is 4.79 Å². The summed E-state index contributed by atoms with van der Waals surface area (Å²) in [5.74, 6) is 1.45. The van der Waals surface area contributed by atoms with Crippen LogP contribution in [0.4, 0.5) is 0 Å². The van der Waals surface area contributed by atoms with Crippen molar-refractivity contribution in [3.05, 3.63) is 23.8 Å². The summed E-state index contributed by atoms with van der Waals surface area (Å²) in [5.41, 5.74) is 6.37. The molecule has 1 rings (SSSR count). The number of amides is 1. The van der Waals surface area contributed by atoms with Crippen LogP contribution < -0.4 is 20.5 Å². The van der Waals surface area contributed by atoms with Gasteiger partial charge in [-0.1, -0.05) is 6.07 Å². The molecule has 19 heavy (non-hydrogen) atoms. The SMILES string of the molecule is COc1cccc(OC)c1CCC(=O)NC(C)CN. The summed E-state index contributed by atoms with van der Waals surface area (Å²) in [6.07, 6.45) is 0.942. The molecule has 0 spiro atoms. The lowest BCUT2D eigenvalue weighted by Crippen LogP contribution is -2.37. The second-order valence-corrected chi connectivity index (χ2v) is 4.35. The molecule has 0 aliphatic heterocycles. The van der Waals surface area contributed by atoms with Gasteiger partial charge in [-0.2, -0.15) is 0 Å². The zero-order valence-corrected chi connectivity index (χ0v) is 11.7. The molecule has 0 saturated carbocycles. The largest absolute Gasteiger partial charge is 0.496 e. The van der Waals surface area contributed by atoms with Crippen LogP contribution in [-0.2, 0) is 11.2 Å². The Labute approximate surface area is 114 Å². The van der Waals surface area contributed by atoms with E-state index in [1.807, 2.05) is 25.1 Å². The van der Waals surface area contributed by atoms with Crippen molar-refractivity contribution < 1.29 is 14.3 Å². The lowest BCUT2D eigenvalue weighted by Gasteiger charge is -2.14. The van der Waals surface area contributed by atoms with Crippen molar-refractivity contribution in [1.82, 2.24) is 5.32 Å². The van der Waals surface area contributed by atoms with Crippen molar-refractivity contribution in [2.24, 2.45) is 5.73 Å². The summed E-state index contributed by atoms with van der Waals surface area (Å²) in [5, 5.41) is 2.83. The van der Waals surface area contributed by atoms with Crippen molar-refractivity contribution in [1.29, 1.82) is 0 Å². The molecule has 1 unspecified atom stereocenters. The highest BCUT2D eigenvalue weighted by Crippen LogP contribution is 2.29. The van der Waals surface area contributed by atoms with Gasteiger partial charge in [-0.05, 0) is 25.5 Å². The minimum Gasteiger partial charge on any atom is -0.496 e. The monoisotopic (exact) mass is 266 g/mol. The first-order valence-electron chi connectivity index (χ1n) is 6.31. The van der Waals surface area contributed by atoms with Crippen LogP contribution in [0.2, 0.25) is 0 Å². The summed E-state index contributed by atoms with van der Waals surface area (Å²) >= 11 is 0. The molecular formula is C14H22N2O3. The maximum absolute atomic E-state index is 11.7. The Bertz CT molecular complexity index is 399. The van der Waals surface area contributed by atoms with Gasteiger partial charge in [0.25, 0.3) is 0 Å². The van der Waals surface area contributed by atoms with E-state index in [0.717, 1.165) is 17.1 Å². The van der Waals surface area contributed by atoms with Crippen LogP contribution in [0, 0.1) is 0 Å². The average Bonchev–Trinajstić information content (AvgIpc) is 2.44. The van der Waals surface area contributed by atoms with E-state index in [1.54, 1.807) is 14.2 Å². The number of rotatable bonds is 7. The molecule has 0 heterocycles. The highest BCUT2D eigenvalue weighted by molar-refractivity contribution is 5.76. The second-order valence-electron chi connectivity index (χ2n) is 4.35. The third kappa shape index (κ3) is 4.44. The van der Waals surface area contributed by atoms with Crippen LogP contribution in [-0.4, -0.2) is 32.7 Å². The minimum atomic E-state index is -0.0223. The van der Waals surface area contributed by atoms with Gasteiger partial charge >= 0.3 is 0 Å². The van der Waals surface area contributed by atoms with E-state index in [-0.39, 0.29) is 11.9 Å². The number of hydrogen-bond donors (Lipinski definition) is 2. The fourth-order valence-electron chi connectivity index (χ4n) is 1.82. The van der Waals surface area contributed by atoms with Gasteiger partial charge < -0.3 is 20.5 Å². The quantitative estimate of drug-likeness (QED) is 0.775. The van der Waals surface area contributed by atoms with Gasteiger partial charge in [0.05, 0.1) is 14.2 Å². The molecule has 0 aromatic heterocycles. The predicted octanol–water partition coefficient (Wildman–Crippen LogP) is 1.10. The number of ether oxygens (including phenoxy) is 2. The van der Waals surface area contributed by atoms with Crippen molar-refractivity contribution in [3.8, 4) is 11.5 Å².